The van der Waals surface area contributed by atoms with Crippen LogP contribution >= 0.6 is 0 Å². The molecule has 0 bridgehead atoms. The number of benzene rings is 10. The van der Waals surface area contributed by atoms with E-state index in [1.165, 1.54) is 104 Å². The topological polar surface area (TPSA) is 12.6 Å². The minimum absolute atomic E-state index is 0.151. The molecular formula is C59H39N3. The molecule has 1 aliphatic carbocycles. The first-order valence-electron chi connectivity index (χ1n) is 21.7. The van der Waals surface area contributed by atoms with E-state index in [1.54, 1.807) is 0 Å². The summed E-state index contributed by atoms with van der Waals surface area (Å²) in [6.07, 6.45) is 0. The Bertz CT molecular complexity index is 3930. The molecule has 0 amide bonds. The highest BCUT2D eigenvalue weighted by Gasteiger charge is 2.36. The average molecular weight is 790 g/mol. The highest BCUT2D eigenvalue weighted by Crippen LogP contribution is 2.54. The van der Waals surface area contributed by atoms with Crippen molar-refractivity contribution in [3.05, 3.63) is 211 Å². The standard InChI is InChI=1S/C59H39N3/c1-59(2)47-21-11-9-19-42(47)43-31-29-41(34-48(43)59)60(40-27-24-37(25-28-40)36-14-5-3-6-15-36)52-35-53-56-55-46(52)30-26-38-16-13-23-50(54(38)55)62-49-22-12-10-20-44(49)45-32-33-51(57(56)58(45)62)61(53)39-17-7-4-8-18-39/h3-35H,1-2H3. The Balaban J connectivity index is 1.16. The Morgan fingerprint density at radius 2 is 1.10 bits per heavy atom. The molecule has 0 atom stereocenters. The molecule has 0 spiro atoms. The molecule has 3 aromatic heterocycles. The van der Waals surface area contributed by atoms with Crippen LogP contribution in [0.15, 0.2) is 200 Å². The minimum Gasteiger partial charge on any atom is -0.310 e. The van der Waals surface area contributed by atoms with Gasteiger partial charge in [0.15, 0.2) is 0 Å². The van der Waals surface area contributed by atoms with E-state index in [-0.39, 0.29) is 5.41 Å². The average Bonchev–Trinajstić information content (AvgIpc) is 3.88. The zero-order valence-electron chi connectivity index (χ0n) is 34.4. The van der Waals surface area contributed by atoms with Crippen LogP contribution in [0.25, 0.3) is 98.6 Å². The lowest BCUT2D eigenvalue weighted by Gasteiger charge is -2.30. The Morgan fingerprint density at radius 1 is 0.403 bits per heavy atom. The number of hydrogen-bond acceptors (Lipinski definition) is 1. The molecule has 3 heteroatoms. The molecule has 1 aliphatic rings. The maximum atomic E-state index is 2.56. The van der Waals surface area contributed by atoms with Gasteiger partial charge in [0.2, 0.25) is 0 Å². The van der Waals surface area contributed by atoms with E-state index in [0.717, 1.165) is 22.7 Å². The van der Waals surface area contributed by atoms with Crippen molar-refractivity contribution in [3.8, 4) is 27.9 Å². The molecule has 0 radical (unpaired) electrons. The number of fused-ring (bicyclic) bond motifs is 7. The summed E-state index contributed by atoms with van der Waals surface area (Å²) in [6, 6.07) is 74.7. The van der Waals surface area contributed by atoms with Crippen molar-refractivity contribution in [2.75, 3.05) is 4.90 Å². The van der Waals surface area contributed by atoms with E-state index in [9.17, 15) is 0 Å². The maximum absolute atomic E-state index is 2.56. The predicted octanol–water partition coefficient (Wildman–Crippen LogP) is 16.0. The zero-order valence-corrected chi connectivity index (χ0v) is 34.4. The lowest BCUT2D eigenvalue weighted by atomic mass is 9.82. The van der Waals surface area contributed by atoms with Crippen molar-refractivity contribution in [3.63, 3.8) is 0 Å². The van der Waals surface area contributed by atoms with Crippen molar-refractivity contribution in [1.29, 1.82) is 0 Å². The summed E-state index contributed by atoms with van der Waals surface area (Å²) >= 11 is 0. The van der Waals surface area contributed by atoms with Crippen molar-refractivity contribution in [2.45, 2.75) is 19.3 Å². The fraction of sp³-hybridized carbons (Fsp3) is 0.0508. The fourth-order valence-corrected chi connectivity index (χ4v) is 11.4. The number of hydrogen-bond donors (Lipinski definition) is 0. The van der Waals surface area contributed by atoms with E-state index in [1.807, 2.05) is 0 Å². The van der Waals surface area contributed by atoms with Gasteiger partial charge in [-0.1, -0.05) is 153 Å². The Morgan fingerprint density at radius 3 is 1.95 bits per heavy atom. The largest absolute Gasteiger partial charge is 0.310 e. The molecule has 290 valence electrons. The van der Waals surface area contributed by atoms with Gasteiger partial charge in [0.1, 0.15) is 0 Å². The molecule has 14 rings (SSSR count). The molecule has 0 unspecified atom stereocenters. The summed E-state index contributed by atoms with van der Waals surface area (Å²) in [6.45, 7) is 4.76. The second kappa shape index (κ2) is 12.1. The predicted molar refractivity (Wildman–Crippen MR) is 262 cm³/mol. The molecule has 0 aliphatic heterocycles. The van der Waals surface area contributed by atoms with Crippen LogP contribution in [0.2, 0.25) is 0 Å². The molecule has 3 heterocycles. The third kappa shape index (κ3) is 4.34. The SMILES string of the molecule is CC1(C)c2ccccc2-c2ccc(N(c3ccc(-c4ccccc4)cc3)c3cc4c5c6c3ccc3cccc(c36)n3c6ccccc6c6ccc(c5c63)n4-c3ccccc3)cc21. The van der Waals surface area contributed by atoms with E-state index >= 15 is 0 Å². The quantitative estimate of drug-likeness (QED) is 0.158. The van der Waals surface area contributed by atoms with Crippen molar-refractivity contribution in [2.24, 2.45) is 0 Å². The fourth-order valence-electron chi connectivity index (χ4n) is 11.4. The van der Waals surface area contributed by atoms with E-state index in [4.69, 9.17) is 0 Å². The summed E-state index contributed by atoms with van der Waals surface area (Å²) in [5.74, 6) is 0. The van der Waals surface area contributed by atoms with Crippen LogP contribution in [0.4, 0.5) is 17.1 Å². The zero-order chi connectivity index (χ0) is 40.8. The molecule has 0 fully saturated rings. The van der Waals surface area contributed by atoms with Gasteiger partial charge in [-0.25, -0.2) is 0 Å². The lowest BCUT2D eigenvalue weighted by molar-refractivity contribution is 0.660. The van der Waals surface area contributed by atoms with Crippen LogP contribution < -0.4 is 4.90 Å². The number of rotatable bonds is 5. The van der Waals surface area contributed by atoms with Gasteiger partial charge in [-0.15, -0.1) is 0 Å². The van der Waals surface area contributed by atoms with Gasteiger partial charge in [-0.05, 0) is 99.4 Å². The van der Waals surface area contributed by atoms with Crippen LogP contribution in [0.5, 0.6) is 0 Å². The minimum atomic E-state index is -0.151. The summed E-state index contributed by atoms with van der Waals surface area (Å²) in [5.41, 5.74) is 18.3. The highest BCUT2D eigenvalue weighted by atomic mass is 15.1. The molecular weight excluding hydrogens is 751 g/mol. The number of anilines is 3. The summed E-state index contributed by atoms with van der Waals surface area (Å²) < 4.78 is 5.07. The number of nitrogens with zero attached hydrogens (tertiary/aromatic N) is 3. The van der Waals surface area contributed by atoms with Crippen LogP contribution in [0.1, 0.15) is 25.0 Å². The molecule has 62 heavy (non-hydrogen) atoms. The first kappa shape index (κ1) is 33.9. The molecule has 0 saturated carbocycles. The summed E-state index contributed by atoms with van der Waals surface area (Å²) in [7, 11) is 0. The van der Waals surface area contributed by atoms with E-state index < -0.39 is 0 Å². The van der Waals surface area contributed by atoms with Gasteiger partial charge in [0.05, 0.1) is 33.3 Å². The highest BCUT2D eigenvalue weighted by molar-refractivity contribution is 6.39. The van der Waals surface area contributed by atoms with Crippen molar-refractivity contribution < 1.29 is 0 Å². The Labute approximate surface area is 358 Å². The van der Waals surface area contributed by atoms with E-state index in [0.29, 0.717) is 0 Å². The molecule has 0 saturated heterocycles. The summed E-state index contributed by atoms with van der Waals surface area (Å²) in [5, 5.41) is 10.2. The van der Waals surface area contributed by atoms with Crippen LogP contribution in [0, 0.1) is 0 Å². The third-order valence-electron chi connectivity index (χ3n) is 14.2. The van der Waals surface area contributed by atoms with Crippen LogP contribution in [0.3, 0.4) is 0 Å². The van der Waals surface area contributed by atoms with Gasteiger partial charge in [-0.2, -0.15) is 0 Å². The molecule has 13 aromatic rings. The second-order valence-corrected chi connectivity index (χ2v) is 17.7. The molecule has 3 nitrogen and oxygen atoms in total. The van der Waals surface area contributed by atoms with Gasteiger partial charge in [0.25, 0.3) is 0 Å². The van der Waals surface area contributed by atoms with Crippen LogP contribution in [-0.4, -0.2) is 8.97 Å². The first-order valence-corrected chi connectivity index (χ1v) is 21.7. The monoisotopic (exact) mass is 789 g/mol. The Hall–Kier alpha value is -7.88. The Kier molecular flexibility index (Phi) is 6.63. The summed E-state index contributed by atoms with van der Waals surface area (Å²) in [4.78, 5) is 2.53. The third-order valence-corrected chi connectivity index (χ3v) is 14.2. The van der Waals surface area contributed by atoms with Gasteiger partial charge < -0.3 is 13.9 Å². The van der Waals surface area contributed by atoms with E-state index in [2.05, 4.69) is 228 Å². The smallest absolute Gasteiger partial charge is 0.0641 e. The number of para-hydroxylation sites is 2. The normalized spacial score (nSPS) is 13.5. The van der Waals surface area contributed by atoms with Gasteiger partial charge in [-0.3, -0.25) is 0 Å². The van der Waals surface area contributed by atoms with Gasteiger partial charge in [0, 0.05) is 60.2 Å². The van der Waals surface area contributed by atoms with Crippen LogP contribution in [-0.2, 0) is 5.41 Å². The number of aromatic nitrogens is 2. The molecule has 0 N–H and O–H groups in total. The lowest BCUT2D eigenvalue weighted by Crippen LogP contribution is -2.16. The van der Waals surface area contributed by atoms with Gasteiger partial charge >= 0.3 is 0 Å². The maximum Gasteiger partial charge on any atom is 0.0641 e. The van der Waals surface area contributed by atoms with Crippen molar-refractivity contribution in [1.82, 2.24) is 8.97 Å². The molecule has 10 aromatic carbocycles. The van der Waals surface area contributed by atoms with Crippen molar-refractivity contribution >= 4 is 87.7 Å². The first-order chi connectivity index (χ1) is 30.5. The second-order valence-electron chi connectivity index (χ2n) is 17.7.